The lowest BCUT2D eigenvalue weighted by atomic mass is 9.76. The van der Waals surface area contributed by atoms with Gasteiger partial charge in [-0.3, -0.25) is 0 Å². The summed E-state index contributed by atoms with van der Waals surface area (Å²) in [4.78, 5) is 0. The Morgan fingerprint density at radius 2 is 1.68 bits per heavy atom. The van der Waals surface area contributed by atoms with E-state index in [4.69, 9.17) is 0 Å². The van der Waals surface area contributed by atoms with Crippen molar-refractivity contribution in [2.24, 2.45) is 0 Å². The zero-order valence-electron chi connectivity index (χ0n) is 10.4. The largest absolute Gasteiger partial charge is 0.381 e. The molecule has 1 N–H and O–H groups in total. The molecule has 0 aliphatic heterocycles. The normalized spacial score (nSPS) is 21.8. The van der Waals surface area contributed by atoms with Gasteiger partial charge in [-0.05, 0) is 64.5 Å². The fourth-order valence-electron chi connectivity index (χ4n) is 2.54. The van der Waals surface area contributed by atoms with Crippen LogP contribution >= 0.6 is 15.9 Å². The zero-order valence-corrected chi connectivity index (χ0v) is 12.0. The van der Waals surface area contributed by atoms with Crippen LogP contribution < -0.4 is 5.32 Å². The van der Waals surface area contributed by atoms with E-state index in [1.165, 1.54) is 5.56 Å². The maximum Gasteiger partial charge on any atom is 0.123 e. The summed E-state index contributed by atoms with van der Waals surface area (Å²) in [7, 11) is 0. The molecular formula is C16H15BrFN. The monoisotopic (exact) mass is 319 g/mol. The predicted molar refractivity (Wildman–Crippen MR) is 79.9 cm³/mol. The molecule has 98 valence electrons. The number of nitrogens with one attached hydrogen (secondary N) is 1. The number of hydrogen-bond acceptors (Lipinski definition) is 1. The van der Waals surface area contributed by atoms with Gasteiger partial charge >= 0.3 is 0 Å². The van der Waals surface area contributed by atoms with Crippen LogP contribution in [-0.2, 0) is 0 Å². The number of para-hydroxylation sites is 1. The Kier molecular flexibility index (Phi) is 3.56. The molecule has 2 aromatic rings. The van der Waals surface area contributed by atoms with Gasteiger partial charge in [0.25, 0.3) is 0 Å². The standard InChI is InChI=1S/C16H15BrFN/c17-15-3-1-2-4-16(15)19-14-9-12(10-14)11-5-7-13(18)8-6-11/h1-8,12,14,19H,9-10H2. The minimum Gasteiger partial charge on any atom is -0.381 e. The highest BCUT2D eigenvalue weighted by atomic mass is 79.9. The summed E-state index contributed by atoms with van der Waals surface area (Å²) in [5.41, 5.74) is 2.39. The van der Waals surface area contributed by atoms with E-state index in [1.54, 1.807) is 12.1 Å². The fraction of sp³-hybridized carbons (Fsp3) is 0.250. The second-order valence-electron chi connectivity index (χ2n) is 5.04. The van der Waals surface area contributed by atoms with Crippen LogP contribution in [0.2, 0.25) is 0 Å². The maximum absolute atomic E-state index is 12.9. The summed E-state index contributed by atoms with van der Waals surface area (Å²) in [6.45, 7) is 0. The molecule has 1 saturated carbocycles. The van der Waals surface area contributed by atoms with E-state index in [0.717, 1.165) is 23.0 Å². The lowest BCUT2D eigenvalue weighted by Gasteiger charge is -2.37. The van der Waals surface area contributed by atoms with Gasteiger partial charge in [0.15, 0.2) is 0 Å². The highest BCUT2D eigenvalue weighted by molar-refractivity contribution is 9.10. The van der Waals surface area contributed by atoms with Gasteiger partial charge in [-0.15, -0.1) is 0 Å². The molecule has 2 aromatic carbocycles. The highest BCUT2D eigenvalue weighted by Gasteiger charge is 2.30. The third-order valence-electron chi connectivity index (χ3n) is 3.71. The zero-order chi connectivity index (χ0) is 13.2. The molecule has 0 atom stereocenters. The molecule has 0 amide bonds. The maximum atomic E-state index is 12.9. The van der Waals surface area contributed by atoms with Gasteiger partial charge in [-0.25, -0.2) is 4.39 Å². The topological polar surface area (TPSA) is 12.0 Å². The van der Waals surface area contributed by atoms with Crippen LogP contribution in [0.4, 0.5) is 10.1 Å². The lowest BCUT2D eigenvalue weighted by Crippen LogP contribution is -2.34. The van der Waals surface area contributed by atoms with Crippen molar-refractivity contribution in [1.29, 1.82) is 0 Å². The van der Waals surface area contributed by atoms with E-state index >= 15 is 0 Å². The molecule has 0 radical (unpaired) electrons. The van der Waals surface area contributed by atoms with Crippen molar-refractivity contribution in [2.45, 2.75) is 24.8 Å². The summed E-state index contributed by atoms with van der Waals surface area (Å²) >= 11 is 3.54. The van der Waals surface area contributed by atoms with Gasteiger partial charge in [0, 0.05) is 16.2 Å². The van der Waals surface area contributed by atoms with E-state index in [1.807, 2.05) is 30.3 Å². The quantitative estimate of drug-likeness (QED) is 0.844. The summed E-state index contributed by atoms with van der Waals surface area (Å²) in [6.07, 6.45) is 2.21. The number of benzene rings is 2. The molecule has 1 aliphatic carbocycles. The second kappa shape index (κ2) is 5.33. The van der Waals surface area contributed by atoms with Crippen molar-refractivity contribution in [2.75, 3.05) is 5.32 Å². The van der Waals surface area contributed by atoms with Crippen LogP contribution in [0, 0.1) is 5.82 Å². The molecule has 3 rings (SSSR count). The van der Waals surface area contributed by atoms with Crippen LogP contribution in [0.5, 0.6) is 0 Å². The number of anilines is 1. The first-order valence-corrected chi connectivity index (χ1v) is 7.28. The van der Waals surface area contributed by atoms with Crippen molar-refractivity contribution >= 4 is 21.6 Å². The van der Waals surface area contributed by atoms with Crippen molar-refractivity contribution in [3.63, 3.8) is 0 Å². The van der Waals surface area contributed by atoms with Crippen LogP contribution in [0.3, 0.4) is 0 Å². The van der Waals surface area contributed by atoms with Gasteiger partial charge in [0.05, 0.1) is 0 Å². The van der Waals surface area contributed by atoms with Crippen LogP contribution in [0.1, 0.15) is 24.3 Å². The third kappa shape index (κ3) is 2.81. The molecule has 1 aliphatic rings. The summed E-state index contributed by atoms with van der Waals surface area (Å²) in [5, 5.41) is 3.54. The van der Waals surface area contributed by atoms with E-state index in [9.17, 15) is 4.39 Å². The van der Waals surface area contributed by atoms with Crippen LogP contribution in [0.15, 0.2) is 53.0 Å². The molecule has 3 heteroatoms. The summed E-state index contributed by atoms with van der Waals surface area (Å²) in [5.74, 6) is 0.395. The molecular weight excluding hydrogens is 305 g/mol. The Morgan fingerprint density at radius 1 is 1.00 bits per heavy atom. The molecule has 1 nitrogen and oxygen atoms in total. The van der Waals surface area contributed by atoms with Gasteiger partial charge in [-0.2, -0.15) is 0 Å². The van der Waals surface area contributed by atoms with Crippen LogP contribution in [-0.4, -0.2) is 6.04 Å². The van der Waals surface area contributed by atoms with E-state index in [2.05, 4.69) is 27.3 Å². The predicted octanol–water partition coefficient (Wildman–Crippen LogP) is 4.95. The molecule has 0 saturated heterocycles. The third-order valence-corrected chi connectivity index (χ3v) is 4.40. The Balaban J connectivity index is 1.58. The Bertz CT molecular complexity index is 561. The number of rotatable bonds is 3. The first-order valence-electron chi connectivity index (χ1n) is 6.49. The Hall–Kier alpha value is -1.35. The number of hydrogen-bond donors (Lipinski definition) is 1. The molecule has 0 bridgehead atoms. The van der Waals surface area contributed by atoms with Crippen LogP contribution in [0.25, 0.3) is 0 Å². The fourth-order valence-corrected chi connectivity index (χ4v) is 2.94. The Morgan fingerprint density at radius 3 is 2.37 bits per heavy atom. The van der Waals surface area contributed by atoms with Gasteiger partial charge < -0.3 is 5.32 Å². The minimum absolute atomic E-state index is 0.161. The lowest BCUT2D eigenvalue weighted by molar-refractivity contribution is 0.374. The average molecular weight is 320 g/mol. The molecule has 0 spiro atoms. The van der Waals surface area contributed by atoms with Gasteiger partial charge in [0.2, 0.25) is 0 Å². The molecule has 1 fully saturated rings. The molecule has 19 heavy (non-hydrogen) atoms. The highest BCUT2D eigenvalue weighted by Crippen LogP contribution is 2.39. The SMILES string of the molecule is Fc1ccc(C2CC(Nc3ccccc3Br)C2)cc1. The summed E-state index contributed by atoms with van der Waals surface area (Å²) in [6, 6.07) is 15.6. The first-order chi connectivity index (χ1) is 9.22. The van der Waals surface area contributed by atoms with Crippen molar-refractivity contribution in [3.05, 3.63) is 64.4 Å². The van der Waals surface area contributed by atoms with Crippen molar-refractivity contribution < 1.29 is 4.39 Å². The average Bonchev–Trinajstić information content (AvgIpc) is 2.37. The Labute approximate surface area is 121 Å². The van der Waals surface area contributed by atoms with Gasteiger partial charge in [0.1, 0.15) is 5.82 Å². The second-order valence-corrected chi connectivity index (χ2v) is 5.90. The molecule has 0 aromatic heterocycles. The molecule has 0 heterocycles. The first kappa shape index (κ1) is 12.7. The molecule has 0 unspecified atom stereocenters. The van der Waals surface area contributed by atoms with E-state index < -0.39 is 0 Å². The van der Waals surface area contributed by atoms with Crippen molar-refractivity contribution in [3.8, 4) is 0 Å². The summed E-state index contributed by atoms with van der Waals surface area (Å²) < 4.78 is 14.0. The smallest absolute Gasteiger partial charge is 0.123 e. The number of halogens is 2. The van der Waals surface area contributed by atoms with E-state index in [-0.39, 0.29) is 5.82 Å². The van der Waals surface area contributed by atoms with E-state index in [0.29, 0.717) is 12.0 Å². The minimum atomic E-state index is -0.161. The van der Waals surface area contributed by atoms with Crippen molar-refractivity contribution in [1.82, 2.24) is 0 Å². The van der Waals surface area contributed by atoms with Gasteiger partial charge in [-0.1, -0.05) is 24.3 Å².